The Morgan fingerprint density at radius 3 is 2.18 bits per heavy atom. The van der Waals surface area contributed by atoms with Crippen molar-refractivity contribution in [2.24, 2.45) is 0 Å². The van der Waals surface area contributed by atoms with Crippen LogP contribution in [0.5, 0.6) is 5.75 Å². The third-order valence-electron chi connectivity index (χ3n) is 6.27. The van der Waals surface area contributed by atoms with Crippen LogP contribution in [0.25, 0.3) is 20.9 Å². The van der Waals surface area contributed by atoms with Gasteiger partial charge in [-0.2, -0.15) is 0 Å². The van der Waals surface area contributed by atoms with Crippen LogP contribution in [0.1, 0.15) is 35.8 Å². The van der Waals surface area contributed by atoms with Crippen molar-refractivity contribution < 1.29 is 9.15 Å². The molecule has 0 saturated carbocycles. The summed E-state index contributed by atoms with van der Waals surface area (Å²) in [6.07, 6.45) is 2.16. The number of ether oxygens (including phenoxy) is 1. The lowest BCUT2D eigenvalue weighted by Gasteiger charge is -2.24. The van der Waals surface area contributed by atoms with Crippen LogP contribution in [0.4, 0.5) is 0 Å². The average Bonchev–Trinajstić information content (AvgIpc) is 3.52. The van der Waals surface area contributed by atoms with E-state index in [0.29, 0.717) is 11.8 Å². The molecule has 1 aliphatic heterocycles. The van der Waals surface area contributed by atoms with Crippen molar-refractivity contribution in [1.29, 1.82) is 0 Å². The first-order valence-corrected chi connectivity index (χ1v) is 12.5. The molecule has 2 aromatic heterocycles. The third kappa shape index (κ3) is 4.11. The average molecular weight is 468 g/mol. The van der Waals surface area contributed by atoms with Crippen LogP contribution in [0, 0.1) is 0 Å². The second-order valence-electron chi connectivity index (χ2n) is 8.52. The molecule has 6 rings (SSSR count). The number of hydrogen-bond acceptors (Lipinski definition) is 6. The highest BCUT2D eigenvalue weighted by molar-refractivity contribution is 7.22. The molecule has 6 heteroatoms. The maximum atomic E-state index is 6.58. The van der Waals surface area contributed by atoms with Crippen molar-refractivity contribution in [3.05, 3.63) is 102 Å². The summed E-state index contributed by atoms with van der Waals surface area (Å²) in [6, 6.07) is 29.0. The zero-order chi connectivity index (χ0) is 22.7. The third-order valence-corrected chi connectivity index (χ3v) is 7.41. The van der Waals surface area contributed by atoms with Crippen LogP contribution in [-0.2, 0) is 0 Å². The van der Waals surface area contributed by atoms with E-state index in [-0.39, 0.29) is 12.0 Å². The number of nitrogens with zero attached hydrogens (tertiary/aromatic N) is 2. The topological polar surface area (TPSA) is 60.2 Å². The lowest BCUT2D eigenvalue weighted by molar-refractivity contribution is 0.165. The Morgan fingerprint density at radius 2 is 1.47 bits per heavy atom. The van der Waals surface area contributed by atoms with Crippen LogP contribution in [0.3, 0.4) is 0 Å². The van der Waals surface area contributed by atoms with Gasteiger partial charge >= 0.3 is 0 Å². The molecule has 1 fully saturated rings. The van der Waals surface area contributed by atoms with E-state index >= 15 is 0 Å². The van der Waals surface area contributed by atoms with Gasteiger partial charge in [0.1, 0.15) is 11.0 Å². The number of nitrogens with one attached hydrogen (secondary N) is 1. The Labute approximate surface area is 202 Å². The molecule has 0 aliphatic carbocycles. The maximum Gasteiger partial charge on any atom is 0.261 e. The van der Waals surface area contributed by atoms with Crippen LogP contribution < -0.4 is 10.1 Å². The van der Waals surface area contributed by atoms with Gasteiger partial charge in [0.25, 0.3) is 5.89 Å². The van der Waals surface area contributed by atoms with Gasteiger partial charge in [0.05, 0.1) is 5.92 Å². The summed E-state index contributed by atoms with van der Waals surface area (Å²) in [6.45, 7) is 1.95. The van der Waals surface area contributed by atoms with Crippen molar-refractivity contribution in [2.75, 3.05) is 13.1 Å². The first-order valence-electron chi connectivity index (χ1n) is 11.7. The molecule has 1 saturated heterocycles. The smallest absolute Gasteiger partial charge is 0.261 e. The summed E-state index contributed by atoms with van der Waals surface area (Å²) in [5.74, 6) is 1.82. The van der Waals surface area contributed by atoms with Gasteiger partial charge in [0.2, 0.25) is 5.89 Å². The Kier molecular flexibility index (Phi) is 5.83. The molecule has 0 spiro atoms. The first-order chi connectivity index (χ1) is 16.9. The van der Waals surface area contributed by atoms with E-state index in [4.69, 9.17) is 9.15 Å². The van der Waals surface area contributed by atoms with Crippen molar-refractivity contribution >= 4 is 21.4 Å². The molecule has 3 heterocycles. The van der Waals surface area contributed by atoms with E-state index in [1.807, 2.05) is 42.5 Å². The Bertz CT molecular complexity index is 1340. The van der Waals surface area contributed by atoms with Crippen molar-refractivity contribution in [3.8, 4) is 16.5 Å². The molecule has 0 amide bonds. The summed E-state index contributed by atoms with van der Waals surface area (Å²) in [4.78, 5) is 0.901. The largest absolute Gasteiger partial charge is 0.488 e. The fourth-order valence-corrected chi connectivity index (χ4v) is 5.63. The zero-order valence-electron chi connectivity index (χ0n) is 18.7. The van der Waals surface area contributed by atoms with Gasteiger partial charge < -0.3 is 14.5 Å². The van der Waals surface area contributed by atoms with E-state index in [1.54, 1.807) is 11.3 Å². The molecule has 3 aromatic carbocycles. The fraction of sp³-hybridized carbons (Fsp3) is 0.214. The Hall–Kier alpha value is -3.48. The zero-order valence-corrected chi connectivity index (χ0v) is 19.5. The van der Waals surface area contributed by atoms with Gasteiger partial charge in [-0.3, -0.25) is 0 Å². The minimum atomic E-state index is -0.133. The molecular formula is C28H25N3O2S. The molecule has 0 radical (unpaired) electrons. The van der Waals surface area contributed by atoms with Crippen molar-refractivity contribution in [1.82, 2.24) is 15.5 Å². The van der Waals surface area contributed by atoms with E-state index < -0.39 is 0 Å². The standard InChI is InChI=1S/C28H25N3O2S/c1-3-9-19(10-4-1)24(20-11-5-2-6-12-20)27-30-31-28(33-27)26-25(32-21-15-17-29-18-16-21)22-13-7-8-14-23(22)34-26/h1-14,21,24,29H,15-18H2. The highest BCUT2D eigenvalue weighted by Gasteiger charge is 2.27. The maximum absolute atomic E-state index is 6.58. The summed E-state index contributed by atoms with van der Waals surface area (Å²) in [7, 11) is 0. The number of thiophene rings is 1. The van der Waals surface area contributed by atoms with Gasteiger partial charge in [0.15, 0.2) is 5.75 Å². The number of hydrogen-bond donors (Lipinski definition) is 1. The van der Waals surface area contributed by atoms with Gasteiger partial charge in [-0.15, -0.1) is 21.5 Å². The number of rotatable bonds is 6. The van der Waals surface area contributed by atoms with E-state index in [1.165, 1.54) is 0 Å². The molecule has 5 aromatic rings. The van der Waals surface area contributed by atoms with E-state index in [0.717, 1.165) is 57.8 Å². The first kappa shape index (κ1) is 21.1. The number of piperidine rings is 1. The molecule has 0 unspecified atom stereocenters. The minimum absolute atomic E-state index is 0.133. The normalized spacial score (nSPS) is 14.6. The van der Waals surface area contributed by atoms with Crippen LogP contribution in [-0.4, -0.2) is 29.4 Å². The van der Waals surface area contributed by atoms with Crippen molar-refractivity contribution in [2.45, 2.75) is 24.9 Å². The molecule has 5 nitrogen and oxygen atoms in total. The monoisotopic (exact) mass is 467 g/mol. The number of fused-ring (bicyclic) bond motifs is 1. The van der Waals surface area contributed by atoms with Crippen molar-refractivity contribution in [3.63, 3.8) is 0 Å². The summed E-state index contributed by atoms with van der Waals surface area (Å²) >= 11 is 1.65. The van der Waals surface area contributed by atoms with Gasteiger partial charge in [-0.1, -0.05) is 72.8 Å². The molecule has 0 atom stereocenters. The number of aromatic nitrogens is 2. The van der Waals surface area contributed by atoms with Crippen LogP contribution in [0.2, 0.25) is 0 Å². The molecular weight excluding hydrogens is 442 g/mol. The van der Waals surface area contributed by atoms with E-state index in [9.17, 15) is 0 Å². The molecule has 170 valence electrons. The summed E-state index contributed by atoms with van der Waals surface area (Å²) in [5, 5.41) is 13.5. The van der Waals surface area contributed by atoms with Gasteiger partial charge in [-0.05, 0) is 49.2 Å². The second-order valence-corrected chi connectivity index (χ2v) is 9.58. The molecule has 0 bridgehead atoms. The summed E-state index contributed by atoms with van der Waals surface area (Å²) < 4.78 is 14.1. The molecule has 1 aliphatic rings. The van der Waals surface area contributed by atoms with Gasteiger partial charge in [-0.25, -0.2) is 0 Å². The van der Waals surface area contributed by atoms with Gasteiger partial charge in [0, 0.05) is 10.1 Å². The summed E-state index contributed by atoms with van der Waals surface area (Å²) in [5.41, 5.74) is 2.23. The van der Waals surface area contributed by atoms with Crippen LogP contribution in [0.15, 0.2) is 89.3 Å². The molecule has 1 N–H and O–H groups in total. The Balaban J connectivity index is 1.42. The highest BCUT2D eigenvalue weighted by Crippen LogP contribution is 2.45. The lowest BCUT2D eigenvalue weighted by Crippen LogP contribution is -2.34. The predicted molar refractivity (Wildman–Crippen MR) is 135 cm³/mol. The second kappa shape index (κ2) is 9.41. The van der Waals surface area contributed by atoms with E-state index in [2.05, 4.69) is 58.0 Å². The fourth-order valence-electron chi connectivity index (χ4n) is 4.57. The number of benzene rings is 3. The lowest BCUT2D eigenvalue weighted by atomic mass is 9.91. The highest BCUT2D eigenvalue weighted by atomic mass is 32.1. The quantitative estimate of drug-likeness (QED) is 0.319. The predicted octanol–water partition coefficient (Wildman–Crippen LogP) is 6.26. The van der Waals surface area contributed by atoms with Crippen LogP contribution >= 0.6 is 11.3 Å². The Morgan fingerprint density at radius 1 is 0.824 bits per heavy atom. The SMILES string of the molecule is c1ccc(C(c2ccccc2)c2nnc(-c3sc4ccccc4c3OC3CCNCC3)o2)cc1. The molecule has 34 heavy (non-hydrogen) atoms. The minimum Gasteiger partial charge on any atom is -0.488 e.